The van der Waals surface area contributed by atoms with Gasteiger partial charge in [0, 0.05) is 29.8 Å². The van der Waals surface area contributed by atoms with E-state index < -0.39 is 5.97 Å². The van der Waals surface area contributed by atoms with Gasteiger partial charge < -0.3 is 5.11 Å². The summed E-state index contributed by atoms with van der Waals surface area (Å²) in [5.41, 5.74) is 3.61. The highest BCUT2D eigenvalue weighted by Gasteiger charge is 2.54. The van der Waals surface area contributed by atoms with Gasteiger partial charge in [-0.1, -0.05) is 23.7 Å². The number of ketones is 1. The molecule has 0 saturated heterocycles. The Balaban J connectivity index is 1.20. The number of hydrogen-bond donors (Lipinski definition) is 1. The number of fused-ring (bicyclic) bond motifs is 1. The Morgan fingerprint density at radius 2 is 1.83 bits per heavy atom. The van der Waals surface area contributed by atoms with E-state index in [0.29, 0.717) is 29.5 Å². The Bertz CT molecular complexity index is 1410. The SMILES string of the molecule is O=C(CC1CC2(C1)CC(C(=O)O)C2)c1ccc(Cl)c2cnn(Cc3ccc(-n4cccn4)cc3)c12. The van der Waals surface area contributed by atoms with Crippen LogP contribution >= 0.6 is 11.6 Å². The molecule has 1 spiro atoms. The van der Waals surface area contributed by atoms with Gasteiger partial charge in [-0.15, -0.1) is 0 Å². The lowest BCUT2D eigenvalue weighted by Gasteiger charge is -2.56. The van der Waals surface area contributed by atoms with E-state index in [2.05, 4.69) is 10.2 Å². The van der Waals surface area contributed by atoms with E-state index in [1.165, 1.54) is 0 Å². The molecule has 2 aromatic carbocycles. The third kappa shape index (κ3) is 3.93. The van der Waals surface area contributed by atoms with Gasteiger partial charge >= 0.3 is 5.97 Å². The Kier molecular flexibility index (Phi) is 5.25. The second-order valence-corrected chi connectivity index (χ2v) is 10.5. The van der Waals surface area contributed by atoms with Gasteiger partial charge in [0.1, 0.15) is 0 Å². The lowest BCUT2D eigenvalue weighted by molar-refractivity contribution is -0.157. The third-order valence-electron chi connectivity index (χ3n) is 7.71. The number of Topliss-reactive ketones (excluding diaryl/α,β-unsaturated/α-hetero) is 1. The van der Waals surface area contributed by atoms with Crippen LogP contribution in [0.5, 0.6) is 0 Å². The quantitative estimate of drug-likeness (QED) is 0.352. The highest BCUT2D eigenvalue weighted by Crippen LogP contribution is 2.62. The number of nitrogens with zero attached hydrogens (tertiary/aromatic N) is 4. The fraction of sp³-hybridized carbons (Fsp3) is 0.333. The molecule has 4 aromatic rings. The summed E-state index contributed by atoms with van der Waals surface area (Å²) in [6.45, 7) is 0.520. The summed E-state index contributed by atoms with van der Waals surface area (Å²) in [5.74, 6) is -0.487. The van der Waals surface area contributed by atoms with Crippen molar-refractivity contribution in [1.82, 2.24) is 19.6 Å². The van der Waals surface area contributed by atoms with Crippen LogP contribution in [0.2, 0.25) is 5.02 Å². The molecule has 0 atom stereocenters. The summed E-state index contributed by atoms with van der Waals surface area (Å²) in [6, 6.07) is 13.6. The molecular formula is C27H25ClN4O3. The molecule has 0 radical (unpaired) electrons. The van der Waals surface area contributed by atoms with Crippen LogP contribution in [0.1, 0.15) is 48.0 Å². The number of rotatable bonds is 7. The predicted molar refractivity (Wildman–Crippen MR) is 132 cm³/mol. The zero-order valence-corrected chi connectivity index (χ0v) is 19.9. The standard InChI is InChI=1S/C27H25ClN4O3/c28-23-7-6-21(24(33)10-18-11-27(12-18)13-19(14-27)26(34)35)25-22(23)15-30-32(25)16-17-2-4-20(5-3-17)31-9-1-8-29-31/h1-9,15,18-19H,10-14,16H2,(H,34,35). The van der Waals surface area contributed by atoms with E-state index in [1.807, 2.05) is 47.3 Å². The zero-order valence-electron chi connectivity index (χ0n) is 19.1. The number of carbonyl (C=O) groups is 2. The van der Waals surface area contributed by atoms with Crippen molar-refractivity contribution in [3.05, 3.63) is 77.2 Å². The topological polar surface area (TPSA) is 90.0 Å². The van der Waals surface area contributed by atoms with Crippen molar-refractivity contribution in [2.75, 3.05) is 0 Å². The summed E-state index contributed by atoms with van der Waals surface area (Å²) in [6.07, 6.45) is 9.24. The molecule has 6 rings (SSSR count). The molecule has 2 saturated carbocycles. The van der Waals surface area contributed by atoms with Crippen LogP contribution in [-0.4, -0.2) is 36.4 Å². The van der Waals surface area contributed by atoms with Crippen molar-refractivity contribution in [2.24, 2.45) is 17.3 Å². The summed E-state index contributed by atoms with van der Waals surface area (Å²) in [7, 11) is 0. The Morgan fingerprint density at radius 3 is 2.51 bits per heavy atom. The molecule has 2 aromatic heterocycles. The molecule has 2 aliphatic carbocycles. The van der Waals surface area contributed by atoms with Gasteiger partial charge in [-0.3, -0.25) is 14.3 Å². The average molecular weight is 489 g/mol. The summed E-state index contributed by atoms with van der Waals surface area (Å²) >= 11 is 6.45. The number of carbonyl (C=O) groups excluding carboxylic acids is 1. The second-order valence-electron chi connectivity index (χ2n) is 10.1. The molecule has 0 amide bonds. The van der Waals surface area contributed by atoms with Crippen LogP contribution in [0.15, 0.2) is 61.1 Å². The Hall–Kier alpha value is -3.45. The predicted octanol–water partition coefficient (Wildman–Crippen LogP) is 5.39. The molecule has 2 aliphatic rings. The van der Waals surface area contributed by atoms with Crippen molar-refractivity contribution in [1.29, 1.82) is 0 Å². The molecule has 0 aliphatic heterocycles. The monoisotopic (exact) mass is 488 g/mol. The third-order valence-corrected chi connectivity index (χ3v) is 8.04. The number of hydrogen-bond acceptors (Lipinski definition) is 4. The first-order valence-electron chi connectivity index (χ1n) is 11.9. The maximum Gasteiger partial charge on any atom is 0.306 e. The van der Waals surface area contributed by atoms with E-state index in [9.17, 15) is 9.59 Å². The fourth-order valence-electron chi connectivity index (χ4n) is 6.04. The number of carboxylic acid groups (broad SMARTS) is 1. The first-order chi connectivity index (χ1) is 16.9. The lowest BCUT2D eigenvalue weighted by atomic mass is 9.47. The van der Waals surface area contributed by atoms with Crippen molar-refractivity contribution >= 4 is 34.3 Å². The highest BCUT2D eigenvalue weighted by molar-refractivity contribution is 6.36. The molecule has 8 heteroatoms. The van der Waals surface area contributed by atoms with Crippen LogP contribution < -0.4 is 0 Å². The van der Waals surface area contributed by atoms with Gasteiger partial charge in [0.15, 0.2) is 5.78 Å². The maximum atomic E-state index is 13.4. The molecule has 2 heterocycles. The van der Waals surface area contributed by atoms with Crippen LogP contribution in [0.4, 0.5) is 0 Å². The maximum absolute atomic E-state index is 13.4. The van der Waals surface area contributed by atoms with E-state index in [0.717, 1.165) is 47.8 Å². The Labute approximate surface area is 207 Å². The van der Waals surface area contributed by atoms with E-state index in [1.54, 1.807) is 23.1 Å². The number of aromatic nitrogens is 4. The van der Waals surface area contributed by atoms with Crippen molar-refractivity contribution in [2.45, 2.75) is 38.6 Å². The molecule has 0 unspecified atom stereocenters. The molecular weight excluding hydrogens is 464 g/mol. The van der Waals surface area contributed by atoms with Gasteiger partial charge in [-0.2, -0.15) is 10.2 Å². The van der Waals surface area contributed by atoms with Crippen LogP contribution in [0, 0.1) is 17.3 Å². The smallest absolute Gasteiger partial charge is 0.306 e. The number of benzene rings is 2. The largest absolute Gasteiger partial charge is 0.481 e. The summed E-state index contributed by atoms with van der Waals surface area (Å²) in [4.78, 5) is 24.5. The molecule has 35 heavy (non-hydrogen) atoms. The minimum Gasteiger partial charge on any atom is -0.481 e. The van der Waals surface area contributed by atoms with Gasteiger partial charge in [0.25, 0.3) is 0 Å². The fourth-order valence-corrected chi connectivity index (χ4v) is 6.24. The van der Waals surface area contributed by atoms with Crippen molar-refractivity contribution in [3.8, 4) is 5.69 Å². The summed E-state index contributed by atoms with van der Waals surface area (Å²) in [5, 5.41) is 19.3. The highest BCUT2D eigenvalue weighted by atomic mass is 35.5. The number of halogens is 1. The van der Waals surface area contributed by atoms with Crippen molar-refractivity contribution in [3.63, 3.8) is 0 Å². The second kappa shape index (κ2) is 8.34. The molecule has 1 N–H and O–H groups in total. The van der Waals surface area contributed by atoms with E-state index >= 15 is 0 Å². The average Bonchev–Trinajstić information content (AvgIpc) is 3.46. The van der Waals surface area contributed by atoms with E-state index in [-0.39, 0.29) is 17.1 Å². The van der Waals surface area contributed by atoms with Gasteiger partial charge in [-0.05, 0) is 72.9 Å². The first kappa shape index (κ1) is 22.0. The minimum absolute atomic E-state index is 0.0939. The van der Waals surface area contributed by atoms with Gasteiger partial charge in [0.05, 0.1) is 34.9 Å². The lowest BCUT2D eigenvalue weighted by Crippen LogP contribution is -2.50. The van der Waals surface area contributed by atoms with E-state index in [4.69, 9.17) is 16.7 Å². The van der Waals surface area contributed by atoms with Gasteiger partial charge in [0.2, 0.25) is 0 Å². The van der Waals surface area contributed by atoms with Crippen LogP contribution in [0.25, 0.3) is 16.6 Å². The number of aliphatic carboxylic acids is 1. The Morgan fingerprint density at radius 1 is 1.06 bits per heavy atom. The normalized spacial score (nSPS) is 23.2. The van der Waals surface area contributed by atoms with Gasteiger partial charge in [-0.25, -0.2) is 4.68 Å². The van der Waals surface area contributed by atoms with Crippen LogP contribution in [0.3, 0.4) is 0 Å². The zero-order chi connectivity index (χ0) is 24.2. The van der Waals surface area contributed by atoms with Crippen molar-refractivity contribution < 1.29 is 14.7 Å². The minimum atomic E-state index is -0.692. The summed E-state index contributed by atoms with van der Waals surface area (Å²) < 4.78 is 3.66. The first-order valence-corrected chi connectivity index (χ1v) is 12.3. The molecule has 0 bridgehead atoms. The molecule has 178 valence electrons. The molecule has 2 fully saturated rings. The molecule has 7 nitrogen and oxygen atoms in total. The van der Waals surface area contributed by atoms with Crippen LogP contribution in [-0.2, 0) is 11.3 Å². The number of carboxylic acids is 1.